The molecule has 2 heterocycles. The normalized spacial score (nSPS) is 13.3. The number of thioether (sulfide) groups is 1. The predicted molar refractivity (Wildman–Crippen MR) is 94.6 cm³/mol. The number of hydrogen-bond acceptors (Lipinski definition) is 5. The van der Waals surface area contributed by atoms with Gasteiger partial charge in [-0.3, -0.25) is 0 Å². The minimum atomic E-state index is 0.337. The number of aryl methyl sites for hydroxylation is 1. The number of aromatic nitrogens is 3. The third-order valence-corrected chi connectivity index (χ3v) is 4.72. The molecule has 120 valence electrons. The van der Waals surface area contributed by atoms with E-state index in [-0.39, 0.29) is 0 Å². The minimum Gasteiger partial charge on any atom is -0.485 e. The van der Waals surface area contributed by atoms with E-state index < -0.39 is 0 Å². The molecule has 0 unspecified atom stereocenters. The monoisotopic (exact) mass is 336 g/mol. The lowest BCUT2D eigenvalue weighted by molar-refractivity contribution is 0.288. The number of benzene rings is 2. The summed E-state index contributed by atoms with van der Waals surface area (Å²) in [6, 6.07) is 18.1. The molecule has 0 bridgehead atoms. The fourth-order valence-electron chi connectivity index (χ4n) is 2.49. The average molecular weight is 336 g/mol. The molecule has 0 saturated heterocycles. The third kappa shape index (κ3) is 2.92. The molecule has 0 fully saturated rings. The summed E-state index contributed by atoms with van der Waals surface area (Å²) in [4.78, 5) is 0. The van der Waals surface area contributed by atoms with E-state index in [9.17, 15) is 0 Å². The van der Waals surface area contributed by atoms with Gasteiger partial charge in [0.05, 0.1) is 5.71 Å². The van der Waals surface area contributed by atoms with Gasteiger partial charge in [-0.05, 0) is 24.1 Å². The molecular formula is C18H16N4OS. The summed E-state index contributed by atoms with van der Waals surface area (Å²) >= 11 is 1.64. The highest BCUT2D eigenvalue weighted by Gasteiger charge is 2.20. The Labute approximate surface area is 144 Å². The van der Waals surface area contributed by atoms with Crippen LogP contribution in [0.15, 0.2) is 64.9 Å². The topological polar surface area (TPSA) is 52.3 Å². The van der Waals surface area contributed by atoms with E-state index in [2.05, 4.69) is 22.3 Å². The summed E-state index contributed by atoms with van der Waals surface area (Å²) < 4.78 is 7.67. The van der Waals surface area contributed by atoms with Gasteiger partial charge in [0.2, 0.25) is 5.16 Å². The van der Waals surface area contributed by atoms with Crippen molar-refractivity contribution in [3.8, 4) is 5.75 Å². The fraction of sp³-hybridized carbons (Fsp3) is 0.167. The van der Waals surface area contributed by atoms with Gasteiger partial charge < -0.3 is 4.74 Å². The van der Waals surface area contributed by atoms with Crippen molar-refractivity contribution in [3.05, 3.63) is 71.5 Å². The molecule has 3 aromatic rings. The Hall–Kier alpha value is -2.60. The third-order valence-electron chi connectivity index (χ3n) is 3.79. The first-order valence-corrected chi connectivity index (χ1v) is 8.68. The van der Waals surface area contributed by atoms with Crippen molar-refractivity contribution in [2.75, 3.05) is 5.75 Å². The van der Waals surface area contributed by atoms with Gasteiger partial charge in [-0.15, -0.1) is 10.2 Å². The van der Waals surface area contributed by atoms with Gasteiger partial charge in [0.15, 0.2) is 5.82 Å². The summed E-state index contributed by atoms with van der Waals surface area (Å²) in [7, 11) is 0. The molecule has 0 spiro atoms. The molecule has 0 N–H and O–H groups in total. The standard InChI is InChI=1S/C18H16N4OS/c1-13-7-5-6-10-16(13)23-11-17-19-20-18-22(17)21-15(12-24-18)14-8-3-2-4-9-14/h2-10H,11-12H2,1H3. The van der Waals surface area contributed by atoms with Crippen molar-refractivity contribution in [1.29, 1.82) is 0 Å². The summed E-state index contributed by atoms with van der Waals surface area (Å²) in [5, 5.41) is 14.0. The Morgan fingerprint density at radius 3 is 2.67 bits per heavy atom. The largest absolute Gasteiger partial charge is 0.485 e. The van der Waals surface area contributed by atoms with E-state index in [0.717, 1.165) is 33.5 Å². The van der Waals surface area contributed by atoms with Crippen LogP contribution >= 0.6 is 11.8 Å². The molecule has 1 aliphatic rings. The van der Waals surface area contributed by atoms with Crippen molar-refractivity contribution in [1.82, 2.24) is 14.9 Å². The SMILES string of the molecule is Cc1ccccc1OCc1nnc2n1N=C(c1ccccc1)CS2. The minimum absolute atomic E-state index is 0.337. The molecule has 24 heavy (non-hydrogen) atoms. The number of fused-ring (bicyclic) bond motifs is 1. The van der Waals surface area contributed by atoms with Crippen molar-refractivity contribution in [2.45, 2.75) is 18.7 Å². The van der Waals surface area contributed by atoms with Crippen molar-refractivity contribution in [2.24, 2.45) is 5.10 Å². The smallest absolute Gasteiger partial charge is 0.212 e. The zero-order valence-corrected chi connectivity index (χ0v) is 14.0. The second-order valence-corrected chi connectivity index (χ2v) is 6.41. The van der Waals surface area contributed by atoms with Gasteiger partial charge in [0.1, 0.15) is 12.4 Å². The lowest BCUT2D eigenvalue weighted by Gasteiger charge is -2.14. The van der Waals surface area contributed by atoms with Crippen LogP contribution in [0.4, 0.5) is 0 Å². The van der Waals surface area contributed by atoms with Gasteiger partial charge in [0, 0.05) is 5.75 Å². The summed E-state index contributed by atoms with van der Waals surface area (Å²) in [6.07, 6.45) is 0. The van der Waals surface area contributed by atoms with Gasteiger partial charge in [-0.2, -0.15) is 9.78 Å². The molecule has 0 atom stereocenters. The van der Waals surface area contributed by atoms with Crippen LogP contribution in [-0.2, 0) is 6.61 Å². The average Bonchev–Trinajstić information content (AvgIpc) is 3.04. The Balaban J connectivity index is 1.59. The lowest BCUT2D eigenvalue weighted by atomic mass is 10.1. The van der Waals surface area contributed by atoms with E-state index in [4.69, 9.17) is 9.84 Å². The molecule has 4 rings (SSSR count). The van der Waals surface area contributed by atoms with Gasteiger partial charge in [0.25, 0.3) is 0 Å². The Kier molecular flexibility index (Phi) is 4.04. The highest BCUT2D eigenvalue weighted by molar-refractivity contribution is 7.99. The lowest BCUT2D eigenvalue weighted by Crippen LogP contribution is -2.15. The van der Waals surface area contributed by atoms with Gasteiger partial charge >= 0.3 is 0 Å². The molecule has 2 aromatic carbocycles. The van der Waals surface area contributed by atoms with Crippen LogP contribution in [-0.4, -0.2) is 26.3 Å². The summed E-state index contributed by atoms with van der Waals surface area (Å²) in [5.41, 5.74) is 3.24. The van der Waals surface area contributed by atoms with E-state index in [1.54, 1.807) is 16.4 Å². The Morgan fingerprint density at radius 1 is 1.04 bits per heavy atom. The molecule has 1 aromatic heterocycles. The zero-order chi connectivity index (χ0) is 16.4. The first kappa shape index (κ1) is 15.0. The predicted octanol–water partition coefficient (Wildman–Crippen LogP) is 3.52. The molecule has 0 saturated carbocycles. The quantitative estimate of drug-likeness (QED) is 0.731. The molecule has 0 radical (unpaired) electrons. The van der Waals surface area contributed by atoms with Crippen LogP contribution in [0.25, 0.3) is 0 Å². The van der Waals surface area contributed by atoms with Crippen LogP contribution in [0.2, 0.25) is 0 Å². The highest BCUT2D eigenvalue weighted by Crippen LogP contribution is 2.25. The molecule has 5 nitrogen and oxygen atoms in total. The first-order valence-electron chi connectivity index (χ1n) is 7.70. The number of hydrogen-bond donors (Lipinski definition) is 0. The summed E-state index contributed by atoms with van der Waals surface area (Å²) in [5.74, 6) is 2.35. The van der Waals surface area contributed by atoms with Crippen LogP contribution in [0.1, 0.15) is 17.0 Å². The van der Waals surface area contributed by atoms with Crippen molar-refractivity contribution >= 4 is 17.5 Å². The van der Waals surface area contributed by atoms with Crippen molar-refractivity contribution < 1.29 is 4.74 Å². The number of rotatable bonds is 4. The van der Waals surface area contributed by atoms with Crippen LogP contribution in [0, 0.1) is 6.92 Å². The Bertz CT molecular complexity index is 889. The maximum absolute atomic E-state index is 5.89. The number of nitrogens with zero attached hydrogens (tertiary/aromatic N) is 4. The van der Waals surface area contributed by atoms with Crippen LogP contribution in [0.3, 0.4) is 0 Å². The highest BCUT2D eigenvalue weighted by atomic mass is 32.2. The van der Waals surface area contributed by atoms with Crippen LogP contribution < -0.4 is 4.74 Å². The van der Waals surface area contributed by atoms with Crippen LogP contribution in [0.5, 0.6) is 5.75 Å². The van der Waals surface area contributed by atoms with Gasteiger partial charge in [-0.1, -0.05) is 60.3 Å². The first-order chi connectivity index (χ1) is 11.8. The molecular weight excluding hydrogens is 320 g/mol. The number of ether oxygens (including phenoxy) is 1. The molecule has 6 heteroatoms. The van der Waals surface area contributed by atoms with E-state index >= 15 is 0 Å². The maximum atomic E-state index is 5.89. The maximum Gasteiger partial charge on any atom is 0.212 e. The zero-order valence-electron chi connectivity index (χ0n) is 13.2. The van der Waals surface area contributed by atoms with Gasteiger partial charge in [-0.25, -0.2) is 0 Å². The fourth-order valence-corrected chi connectivity index (χ4v) is 3.35. The van der Waals surface area contributed by atoms with E-state index in [1.165, 1.54) is 0 Å². The molecule has 0 aliphatic carbocycles. The molecule has 0 amide bonds. The van der Waals surface area contributed by atoms with E-state index in [0.29, 0.717) is 12.4 Å². The second-order valence-electron chi connectivity index (χ2n) is 5.47. The van der Waals surface area contributed by atoms with Crippen molar-refractivity contribution in [3.63, 3.8) is 0 Å². The second kappa shape index (κ2) is 6.49. The summed E-state index contributed by atoms with van der Waals surface area (Å²) in [6.45, 7) is 2.36. The Morgan fingerprint density at radius 2 is 1.83 bits per heavy atom. The molecule has 1 aliphatic heterocycles. The number of para-hydroxylation sites is 1. The van der Waals surface area contributed by atoms with E-state index in [1.807, 2.05) is 49.4 Å².